The van der Waals surface area contributed by atoms with E-state index in [2.05, 4.69) is 35.7 Å². The van der Waals surface area contributed by atoms with Crippen LogP contribution >= 0.6 is 11.3 Å². The molecule has 0 saturated heterocycles. The number of nitrogens with one attached hydrogen (secondary N) is 3. The molecule has 4 aromatic heterocycles. The maximum atomic E-state index is 12.5. The molecule has 0 spiro atoms. The first-order valence-corrected chi connectivity index (χ1v) is 8.31. The maximum absolute atomic E-state index is 12.5. The van der Waals surface area contributed by atoms with Crippen molar-refractivity contribution in [1.29, 1.82) is 0 Å². The van der Waals surface area contributed by atoms with Crippen LogP contribution in [0.5, 0.6) is 0 Å². The average molecular weight is 351 g/mol. The van der Waals surface area contributed by atoms with Gasteiger partial charge in [0.2, 0.25) is 0 Å². The number of amides is 1. The molecule has 0 aliphatic rings. The minimum absolute atomic E-state index is 0.292. The van der Waals surface area contributed by atoms with E-state index in [1.807, 2.05) is 19.1 Å². The number of pyridine rings is 1. The number of hydrogen-bond donors (Lipinski definition) is 3. The zero-order chi connectivity index (χ0) is 17.2. The van der Waals surface area contributed by atoms with Crippen LogP contribution in [0.1, 0.15) is 16.2 Å². The van der Waals surface area contributed by atoms with Crippen molar-refractivity contribution in [2.24, 2.45) is 0 Å². The smallest absolute Gasteiger partial charge is 0.275 e. The van der Waals surface area contributed by atoms with Gasteiger partial charge in [-0.1, -0.05) is 0 Å². The molecule has 3 N–H and O–H groups in total. The third-order valence-corrected chi connectivity index (χ3v) is 4.43. The Morgan fingerprint density at radius 2 is 2.16 bits per heavy atom. The van der Waals surface area contributed by atoms with Crippen LogP contribution in [0.4, 0.5) is 5.69 Å². The summed E-state index contributed by atoms with van der Waals surface area (Å²) >= 11 is 1.39. The van der Waals surface area contributed by atoms with Crippen molar-refractivity contribution in [3.63, 3.8) is 0 Å². The Labute approximate surface area is 146 Å². The van der Waals surface area contributed by atoms with Crippen molar-refractivity contribution in [2.75, 3.05) is 5.32 Å². The number of aromatic amines is 2. The fourth-order valence-electron chi connectivity index (χ4n) is 2.36. The highest BCUT2D eigenvalue weighted by Gasteiger charge is 2.16. The van der Waals surface area contributed by atoms with Gasteiger partial charge in [-0.15, -0.1) is 11.3 Å². The van der Waals surface area contributed by atoms with E-state index < -0.39 is 0 Å². The van der Waals surface area contributed by atoms with Crippen LogP contribution < -0.4 is 5.32 Å². The Morgan fingerprint density at radius 1 is 1.24 bits per heavy atom. The highest BCUT2D eigenvalue weighted by Crippen LogP contribution is 2.27. The summed E-state index contributed by atoms with van der Waals surface area (Å²) in [6.45, 7) is 1.90. The van der Waals surface area contributed by atoms with Gasteiger partial charge in [-0.3, -0.25) is 20.0 Å². The van der Waals surface area contributed by atoms with Gasteiger partial charge < -0.3 is 5.32 Å². The van der Waals surface area contributed by atoms with Crippen LogP contribution in [-0.4, -0.2) is 36.3 Å². The molecule has 25 heavy (non-hydrogen) atoms. The molecule has 0 bridgehead atoms. The lowest BCUT2D eigenvalue weighted by molar-refractivity contribution is 0.102. The molecule has 124 valence electrons. The SMILES string of the molecule is Cc1cc(-c2n[nH]cc2NC(=O)c2csc(-c3cn[nH]c3)n2)ccn1. The van der Waals surface area contributed by atoms with Gasteiger partial charge in [0.05, 0.1) is 11.9 Å². The van der Waals surface area contributed by atoms with Gasteiger partial charge in [0.25, 0.3) is 5.91 Å². The second-order valence-electron chi connectivity index (χ2n) is 5.31. The van der Waals surface area contributed by atoms with Crippen molar-refractivity contribution in [2.45, 2.75) is 6.92 Å². The minimum Gasteiger partial charge on any atom is -0.317 e. The lowest BCUT2D eigenvalue weighted by atomic mass is 10.1. The van der Waals surface area contributed by atoms with E-state index in [1.54, 1.807) is 30.2 Å². The molecule has 0 aliphatic carbocycles. The second-order valence-corrected chi connectivity index (χ2v) is 6.17. The number of carbonyl (C=O) groups excluding carboxylic acids is 1. The Balaban J connectivity index is 1.57. The molecule has 0 aromatic carbocycles. The van der Waals surface area contributed by atoms with Crippen LogP contribution in [0, 0.1) is 6.92 Å². The van der Waals surface area contributed by atoms with Crippen molar-refractivity contribution < 1.29 is 4.79 Å². The van der Waals surface area contributed by atoms with E-state index in [0.29, 0.717) is 17.1 Å². The Morgan fingerprint density at radius 3 is 2.96 bits per heavy atom. The molecule has 9 heteroatoms. The molecule has 0 saturated carbocycles. The van der Waals surface area contributed by atoms with E-state index in [4.69, 9.17) is 0 Å². The molecular weight excluding hydrogens is 338 g/mol. The normalized spacial score (nSPS) is 10.8. The first-order valence-electron chi connectivity index (χ1n) is 7.43. The van der Waals surface area contributed by atoms with Gasteiger partial charge in [-0.2, -0.15) is 10.2 Å². The second kappa shape index (κ2) is 6.29. The first kappa shape index (κ1) is 15.2. The summed E-state index contributed by atoms with van der Waals surface area (Å²) in [7, 11) is 0. The summed E-state index contributed by atoms with van der Waals surface area (Å²) in [6.07, 6.45) is 6.76. The van der Waals surface area contributed by atoms with Crippen LogP contribution in [0.15, 0.2) is 42.3 Å². The third kappa shape index (κ3) is 3.04. The lowest BCUT2D eigenvalue weighted by Gasteiger charge is -2.04. The summed E-state index contributed by atoms with van der Waals surface area (Å²) in [6, 6.07) is 3.75. The van der Waals surface area contributed by atoms with Gasteiger partial charge in [0.1, 0.15) is 16.4 Å². The van der Waals surface area contributed by atoms with Gasteiger partial charge in [-0.05, 0) is 19.1 Å². The summed E-state index contributed by atoms with van der Waals surface area (Å²) in [5.41, 5.74) is 4.20. The zero-order valence-electron chi connectivity index (χ0n) is 13.1. The Bertz CT molecular complexity index is 1020. The number of rotatable bonds is 4. The minimum atomic E-state index is -0.292. The topological polar surface area (TPSA) is 112 Å². The molecule has 0 fully saturated rings. The van der Waals surface area contributed by atoms with E-state index in [0.717, 1.165) is 21.8 Å². The molecule has 0 atom stereocenters. The van der Waals surface area contributed by atoms with Gasteiger partial charge in [0, 0.05) is 40.8 Å². The van der Waals surface area contributed by atoms with Crippen molar-refractivity contribution in [3.05, 3.63) is 53.7 Å². The predicted octanol–water partition coefficient (Wildman–Crippen LogP) is 2.88. The van der Waals surface area contributed by atoms with E-state index >= 15 is 0 Å². The summed E-state index contributed by atoms with van der Waals surface area (Å²) in [4.78, 5) is 21.0. The van der Waals surface area contributed by atoms with Crippen LogP contribution in [-0.2, 0) is 0 Å². The van der Waals surface area contributed by atoms with E-state index in [1.165, 1.54) is 11.3 Å². The number of nitrogens with zero attached hydrogens (tertiary/aromatic N) is 4. The summed E-state index contributed by atoms with van der Waals surface area (Å²) in [5.74, 6) is -0.292. The molecule has 4 heterocycles. The van der Waals surface area contributed by atoms with Gasteiger partial charge in [-0.25, -0.2) is 4.98 Å². The molecule has 4 rings (SSSR count). The number of aryl methyl sites for hydroxylation is 1. The summed E-state index contributed by atoms with van der Waals surface area (Å²) in [5, 5.41) is 18.9. The molecular formula is C16H13N7OS. The largest absolute Gasteiger partial charge is 0.317 e. The fourth-order valence-corrected chi connectivity index (χ4v) is 3.14. The number of aromatic nitrogens is 6. The lowest BCUT2D eigenvalue weighted by Crippen LogP contribution is -2.12. The molecule has 0 radical (unpaired) electrons. The van der Waals surface area contributed by atoms with E-state index in [9.17, 15) is 4.79 Å². The third-order valence-electron chi connectivity index (χ3n) is 3.54. The number of carbonyl (C=O) groups is 1. The Hall–Kier alpha value is -3.33. The van der Waals surface area contributed by atoms with Crippen LogP contribution in [0.3, 0.4) is 0 Å². The highest BCUT2D eigenvalue weighted by molar-refractivity contribution is 7.13. The quantitative estimate of drug-likeness (QED) is 0.523. The fraction of sp³-hybridized carbons (Fsp3) is 0.0625. The predicted molar refractivity (Wildman–Crippen MR) is 94.2 cm³/mol. The number of H-pyrrole nitrogens is 2. The molecule has 1 amide bonds. The van der Waals surface area contributed by atoms with Crippen molar-refractivity contribution in [3.8, 4) is 21.8 Å². The van der Waals surface area contributed by atoms with Gasteiger partial charge in [0.15, 0.2) is 0 Å². The molecule has 0 aliphatic heterocycles. The number of thiazole rings is 1. The van der Waals surface area contributed by atoms with Crippen molar-refractivity contribution >= 4 is 22.9 Å². The summed E-state index contributed by atoms with van der Waals surface area (Å²) < 4.78 is 0. The number of hydrogen-bond acceptors (Lipinski definition) is 6. The molecule has 0 unspecified atom stereocenters. The van der Waals surface area contributed by atoms with Crippen molar-refractivity contribution in [1.82, 2.24) is 30.4 Å². The average Bonchev–Trinajstić information content (AvgIpc) is 3.35. The number of anilines is 1. The van der Waals surface area contributed by atoms with Crippen LogP contribution in [0.2, 0.25) is 0 Å². The highest BCUT2D eigenvalue weighted by atomic mass is 32.1. The standard InChI is InChI=1S/C16H13N7OS/c1-9-4-10(2-3-17-9)14-12(7-20-23-14)21-15(24)13-8-25-16(22-13)11-5-18-19-6-11/h2-8H,1H3,(H,18,19)(H,20,23)(H,21,24). The van der Waals surface area contributed by atoms with Crippen LogP contribution in [0.25, 0.3) is 21.8 Å². The zero-order valence-corrected chi connectivity index (χ0v) is 14.0. The first-order chi connectivity index (χ1) is 12.2. The molecule has 4 aromatic rings. The van der Waals surface area contributed by atoms with Gasteiger partial charge >= 0.3 is 0 Å². The monoisotopic (exact) mass is 351 g/mol. The molecule has 8 nitrogen and oxygen atoms in total. The Kier molecular flexibility index (Phi) is 3.82. The maximum Gasteiger partial charge on any atom is 0.275 e. The van der Waals surface area contributed by atoms with E-state index in [-0.39, 0.29) is 5.91 Å².